The van der Waals surface area contributed by atoms with Gasteiger partial charge in [0.1, 0.15) is 5.82 Å². The molecule has 15 heavy (non-hydrogen) atoms. The summed E-state index contributed by atoms with van der Waals surface area (Å²) < 4.78 is 1.31. The topological polar surface area (TPSA) is 101 Å². The highest BCUT2D eigenvalue weighted by Crippen LogP contribution is 2.05. The summed E-state index contributed by atoms with van der Waals surface area (Å²) in [6.45, 7) is 1.60. The highest BCUT2D eigenvalue weighted by atomic mass is 16.3. The number of hydrogen-bond donors (Lipinski definition) is 3. The second-order valence-electron chi connectivity index (χ2n) is 3.47. The van der Waals surface area contributed by atoms with Crippen LogP contribution in [0.15, 0.2) is 17.1 Å². The molecule has 4 N–H and O–H groups in total. The van der Waals surface area contributed by atoms with Gasteiger partial charge in [0.15, 0.2) is 0 Å². The maximum absolute atomic E-state index is 11.3. The third-order valence-electron chi connectivity index (χ3n) is 2.24. The third kappa shape index (κ3) is 3.03. The Balaban J connectivity index is 2.84. The number of aliphatic hydroxyl groups is 2. The van der Waals surface area contributed by atoms with Gasteiger partial charge in [0.05, 0.1) is 12.7 Å². The molecule has 0 spiro atoms. The molecule has 0 bridgehead atoms. The van der Waals surface area contributed by atoms with Crippen molar-refractivity contribution in [1.29, 1.82) is 0 Å². The Hall–Kier alpha value is -1.40. The third-order valence-corrected chi connectivity index (χ3v) is 2.24. The van der Waals surface area contributed by atoms with Gasteiger partial charge in [0, 0.05) is 18.7 Å². The summed E-state index contributed by atoms with van der Waals surface area (Å²) in [6.07, 6.45) is 0.815. The lowest BCUT2D eigenvalue weighted by Gasteiger charge is -2.17. The number of nitrogens with zero attached hydrogens (tertiary/aromatic N) is 2. The van der Waals surface area contributed by atoms with Gasteiger partial charge in [-0.25, -0.2) is 4.79 Å². The molecule has 1 rings (SSSR count). The fraction of sp³-hybridized carbons (Fsp3) is 0.556. The smallest absolute Gasteiger partial charge is 0.349 e. The average Bonchev–Trinajstić information content (AvgIpc) is 2.16. The Morgan fingerprint density at radius 3 is 2.80 bits per heavy atom. The lowest BCUT2D eigenvalue weighted by molar-refractivity contribution is 0.0697. The van der Waals surface area contributed by atoms with Gasteiger partial charge in [-0.3, -0.25) is 4.57 Å². The first-order valence-corrected chi connectivity index (χ1v) is 4.66. The lowest BCUT2D eigenvalue weighted by Crippen LogP contribution is -2.32. The first kappa shape index (κ1) is 11.7. The van der Waals surface area contributed by atoms with Crippen molar-refractivity contribution in [2.24, 2.45) is 5.92 Å². The van der Waals surface area contributed by atoms with Gasteiger partial charge in [0.25, 0.3) is 0 Å². The van der Waals surface area contributed by atoms with E-state index < -0.39 is 11.8 Å². The van der Waals surface area contributed by atoms with E-state index in [0.29, 0.717) is 0 Å². The standard InChI is InChI=1S/C9H15N3O3/c1-6(14)7(5-13)4-12-3-2-8(10)11-9(12)15/h2-3,6-7,13-14H,4-5H2,1H3,(H2,10,11,15)/t6-,7-/m1/s1. The van der Waals surface area contributed by atoms with E-state index in [9.17, 15) is 9.90 Å². The molecule has 0 saturated carbocycles. The Morgan fingerprint density at radius 2 is 2.33 bits per heavy atom. The van der Waals surface area contributed by atoms with Crippen LogP contribution in [0.2, 0.25) is 0 Å². The molecule has 0 aliphatic heterocycles. The predicted octanol–water partition coefficient (Wildman–Crippen LogP) is -1.19. The number of rotatable bonds is 4. The monoisotopic (exact) mass is 213 g/mol. The number of nitrogens with two attached hydrogens (primary N) is 1. The molecule has 1 aromatic rings. The number of anilines is 1. The lowest BCUT2D eigenvalue weighted by atomic mass is 10.1. The Morgan fingerprint density at radius 1 is 1.67 bits per heavy atom. The van der Waals surface area contributed by atoms with Crippen LogP contribution in [0.5, 0.6) is 0 Å². The van der Waals surface area contributed by atoms with Crippen molar-refractivity contribution >= 4 is 5.82 Å². The molecule has 0 amide bonds. The molecule has 6 heteroatoms. The van der Waals surface area contributed by atoms with Crippen molar-refractivity contribution in [2.45, 2.75) is 19.6 Å². The van der Waals surface area contributed by atoms with Gasteiger partial charge >= 0.3 is 5.69 Å². The van der Waals surface area contributed by atoms with E-state index in [-0.39, 0.29) is 24.9 Å². The van der Waals surface area contributed by atoms with Crippen molar-refractivity contribution < 1.29 is 10.2 Å². The van der Waals surface area contributed by atoms with E-state index in [1.165, 1.54) is 16.8 Å². The summed E-state index contributed by atoms with van der Waals surface area (Å²) in [5, 5.41) is 18.3. The van der Waals surface area contributed by atoms with Crippen LogP contribution in [0, 0.1) is 5.92 Å². The minimum Gasteiger partial charge on any atom is -0.396 e. The van der Waals surface area contributed by atoms with Crippen molar-refractivity contribution in [3.8, 4) is 0 Å². The minimum absolute atomic E-state index is 0.161. The van der Waals surface area contributed by atoms with E-state index >= 15 is 0 Å². The average molecular weight is 213 g/mol. The van der Waals surface area contributed by atoms with Crippen molar-refractivity contribution in [1.82, 2.24) is 9.55 Å². The van der Waals surface area contributed by atoms with Crippen LogP contribution >= 0.6 is 0 Å². The highest BCUT2D eigenvalue weighted by Gasteiger charge is 2.15. The summed E-state index contributed by atoms with van der Waals surface area (Å²) in [6, 6.07) is 1.50. The van der Waals surface area contributed by atoms with E-state index in [2.05, 4.69) is 4.98 Å². The van der Waals surface area contributed by atoms with E-state index in [0.717, 1.165) is 0 Å². The molecular formula is C9H15N3O3. The molecule has 1 aromatic heterocycles. The molecule has 2 atom stereocenters. The number of aliphatic hydroxyl groups excluding tert-OH is 2. The summed E-state index contributed by atoms with van der Waals surface area (Å²) in [4.78, 5) is 14.9. The van der Waals surface area contributed by atoms with Gasteiger partial charge < -0.3 is 15.9 Å². The van der Waals surface area contributed by atoms with Crippen LogP contribution < -0.4 is 11.4 Å². The largest absolute Gasteiger partial charge is 0.396 e. The fourth-order valence-electron chi connectivity index (χ4n) is 1.20. The zero-order chi connectivity index (χ0) is 11.4. The molecule has 1 heterocycles. The van der Waals surface area contributed by atoms with Crippen LogP contribution in [-0.2, 0) is 6.54 Å². The van der Waals surface area contributed by atoms with Gasteiger partial charge in [0.2, 0.25) is 0 Å². The van der Waals surface area contributed by atoms with Gasteiger partial charge in [-0.2, -0.15) is 4.98 Å². The molecule has 6 nitrogen and oxygen atoms in total. The summed E-state index contributed by atoms with van der Waals surface area (Å²) in [7, 11) is 0. The quantitative estimate of drug-likeness (QED) is 0.584. The van der Waals surface area contributed by atoms with Crippen LogP contribution in [0.1, 0.15) is 6.92 Å². The van der Waals surface area contributed by atoms with Crippen molar-refractivity contribution in [3.63, 3.8) is 0 Å². The Bertz CT molecular complexity index is 375. The fourth-order valence-corrected chi connectivity index (χ4v) is 1.20. The van der Waals surface area contributed by atoms with Crippen molar-refractivity contribution in [2.75, 3.05) is 12.3 Å². The van der Waals surface area contributed by atoms with Gasteiger partial charge in [-0.15, -0.1) is 0 Å². The normalized spacial score (nSPS) is 14.9. The zero-order valence-electron chi connectivity index (χ0n) is 8.50. The maximum atomic E-state index is 11.3. The second-order valence-corrected chi connectivity index (χ2v) is 3.47. The first-order chi connectivity index (χ1) is 7.04. The molecule has 84 valence electrons. The Kier molecular flexibility index (Phi) is 3.81. The Labute approximate surface area is 87.0 Å². The number of nitrogen functional groups attached to an aromatic ring is 1. The molecule has 0 unspecified atom stereocenters. The maximum Gasteiger partial charge on any atom is 0.349 e. The first-order valence-electron chi connectivity index (χ1n) is 4.66. The number of aromatic nitrogens is 2. The highest BCUT2D eigenvalue weighted by molar-refractivity contribution is 5.23. The van der Waals surface area contributed by atoms with Crippen LogP contribution in [0.4, 0.5) is 5.82 Å². The minimum atomic E-state index is -0.681. The molecule has 0 aliphatic carbocycles. The van der Waals surface area contributed by atoms with Gasteiger partial charge in [-0.05, 0) is 13.0 Å². The van der Waals surface area contributed by atoms with E-state index in [1.807, 2.05) is 0 Å². The van der Waals surface area contributed by atoms with Crippen LogP contribution in [0.25, 0.3) is 0 Å². The molecule has 0 radical (unpaired) electrons. The summed E-state index contributed by atoms with van der Waals surface area (Å²) >= 11 is 0. The van der Waals surface area contributed by atoms with Crippen LogP contribution in [-0.4, -0.2) is 32.5 Å². The second kappa shape index (κ2) is 4.90. The molecule has 0 saturated heterocycles. The molecule has 0 fully saturated rings. The van der Waals surface area contributed by atoms with E-state index in [1.54, 1.807) is 6.92 Å². The molecular weight excluding hydrogens is 198 g/mol. The zero-order valence-corrected chi connectivity index (χ0v) is 8.50. The van der Waals surface area contributed by atoms with Gasteiger partial charge in [-0.1, -0.05) is 0 Å². The predicted molar refractivity (Wildman–Crippen MR) is 55.2 cm³/mol. The van der Waals surface area contributed by atoms with Crippen LogP contribution in [0.3, 0.4) is 0 Å². The summed E-state index contributed by atoms with van der Waals surface area (Å²) in [5.41, 5.74) is 4.85. The van der Waals surface area contributed by atoms with Crippen molar-refractivity contribution in [3.05, 3.63) is 22.7 Å². The molecule has 0 aromatic carbocycles. The molecule has 0 aliphatic rings. The summed E-state index contributed by atoms with van der Waals surface area (Å²) in [5.74, 6) is -0.220. The van der Waals surface area contributed by atoms with E-state index in [4.69, 9.17) is 10.8 Å². The number of hydrogen-bond acceptors (Lipinski definition) is 5. The SMILES string of the molecule is C[C@@H](O)[C@@H](CO)Cn1ccc(N)nc1=O.